The highest BCUT2D eigenvalue weighted by Gasteiger charge is 2.11. The van der Waals surface area contributed by atoms with Crippen molar-refractivity contribution in [3.8, 4) is 11.4 Å². The Morgan fingerprint density at radius 2 is 2.03 bits per heavy atom. The average Bonchev–Trinajstić information content (AvgIpc) is 3.40. The first-order chi connectivity index (χ1) is 15.1. The van der Waals surface area contributed by atoms with Gasteiger partial charge >= 0.3 is 0 Å². The van der Waals surface area contributed by atoms with Gasteiger partial charge in [0.25, 0.3) is 0 Å². The number of benzene rings is 1. The summed E-state index contributed by atoms with van der Waals surface area (Å²) in [6.07, 6.45) is 6.85. The molecule has 1 aromatic carbocycles. The molecule has 3 aromatic heterocycles. The molecule has 0 saturated heterocycles. The van der Waals surface area contributed by atoms with E-state index in [9.17, 15) is 4.79 Å². The smallest absolute Gasteiger partial charge is 0.227 e. The first kappa shape index (κ1) is 20.7. The number of fused-ring (bicyclic) bond motifs is 1. The summed E-state index contributed by atoms with van der Waals surface area (Å²) in [4.78, 5) is 27.3. The van der Waals surface area contributed by atoms with E-state index in [1.807, 2.05) is 24.5 Å². The lowest BCUT2D eigenvalue weighted by Crippen LogP contribution is -2.14. The highest BCUT2D eigenvalue weighted by molar-refractivity contribution is 5.93. The zero-order chi connectivity index (χ0) is 21.6. The molecule has 0 saturated carbocycles. The van der Waals surface area contributed by atoms with E-state index >= 15 is 0 Å². The Kier molecular flexibility index (Phi) is 6.32. The summed E-state index contributed by atoms with van der Waals surface area (Å²) in [5, 5.41) is 6.87. The van der Waals surface area contributed by atoms with Crippen LogP contribution in [0.3, 0.4) is 0 Å². The Balaban J connectivity index is 1.32. The van der Waals surface area contributed by atoms with Gasteiger partial charge in [0.15, 0.2) is 0 Å². The largest absolute Gasteiger partial charge is 0.339 e. The van der Waals surface area contributed by atoms with Gasteiger partial charge in [-0.2, -0.15) is 4.98 Å². The van der Waals surface area contributed by atoms with E-state index in [1.165, 1.54) is 0 Å². The van der Waals surface area contributed by atoms with Crippen molar-refractivity contribution >= 4 is 22.6 Å². The van der Waals surface area contributed by atoms with Crippen LogP contribution >= 0.6 is 0 Å². The number of amides is 1. The molecular formula is C22H25N7O2. The predicted octanol–water partition coefficient (Wildman–Crippen LogP) is 3.00. The van der Waals surface area contributed by atoms with Crippen molar-refractivity contribution in [2.45, 2.75) is 25.8 Å². The Morgan fingerprint density at radius 3 is 2.84 bits per heavy atom. The molecule has 9 nitrogen and oxygen atoms in total. The first-order valence-corrected chi connectivity index (χ1v) is 10.2. The number of carbonyl (C=O) groups is 1. The first-order valence-electron chi connectivity index (χ1n) is 10.2. The molecule has 0 atom stereocenters. The maximum Gasteiger partial charge on any atom is 0.227 e. The van der Waals surface area contributed by atoms with Gasteiger partial charge in [0.2, 0.25) is 17.6 Å². The molecule has 4 rings (SSSR count). The number of imidazole rings is 1. The number of anilines is 1. The molecule has 9 heteroatoms. The third-order valence-corrected chi connectivity index (χ3v) is 4.88. The summed E-state index contributed by atoms with van der Waals surface area (Å²) in [6, 6.07) is 9.40. The summed E-state index contributed by atoms with van der Waals surface area (Å²) >= 11 is 0. The van der Waals surface area contributed by atoms with Gasteiger partial charge in [0, 0.05) is 43.0 Å². The van der Waals surface area contributed by atoms with Crippen LogP contribution in [-0.2, 0) is 17.8 Å². The number of carbonyl (C=O) groups excluding carboxylic acids is 1. The molecule has 0 aliphatic carbocycles. The van der Waals surface area contributed by atoms with Crippen molar-refractivity contribution in [3.05, 3.63) is 54.9 Å². The third-order valence-electron chi connectivity index (χ3n) is 4.88. The molecule has 3 heterocycles. The maximum absolute atomic E-state index is 12.4. The number of aromatic nitrogens is 5. The summed E-state index contributed by atoms with van der Waals surface area (Å²) in [6.45, 7) is 1.93. The number of pyridine rings is 1. The minimum Gasteiger partial charge on any atom is -0.339 e. The average molecular weight is 419 g/mol. The minimum atomic E-state index is -0.117. The van der Waals surface area contributed by atoms with Crippen LogP contribution in [0.1, 0.15) is 18.7 Å². The summed E-state index contributed by atoms with van der Waals surface area (Å²) in [7, 11) is 4.14. The predicted molar refractivity (Wildman–Crippen MR) is 117 cm³/mol. The molecular weight excluding hydrogens is 394 g/mol. The fourth-order valence-electron chi connectivity index (χ4n) is 3.30. The number of hydrogen-bond acceptors (Lipinski definition) is 7. The van der Waals surface area contributed by atoms with Gasteiger partial charge in [0.05, 0.1) is 17.4 Å². The third kappa shape index (κ3) is 5.32. The van der Waals surface area contributed by atoms with Crippen molar-refractivity contribution in [1.29, 1.82) is 0 Å². The number of aryl methyl sites for hydroxylation is 2. The molecule has 0 unspecified atom stereocenters. The van der Waals surface area contributed by atoms with Gasteiger partial charge in [0.1, 0.15) is 0 Å². The summed E-state index contributed by atoms with van der Waals surface area (Å²) in [5.74, 6) is 0.798. The van der Waals surface area contributed by atoms with Crippen LogP contribution in [0.15, 0.2) is 53.6 Å². The van der Waals surface area contributed by atoms with Crippen LogP contribution in [0.4, 0.5) is 5.69 Å². The number of nitrogens with one attached hydrogen (secondary N) is 1. The fraction of sp³-hybridized carbons (Fsp3) is 0.318. The van der Waals surface area contributed by atoms with Gasteiger partial charge < -0.3 is 19.3 Å². The Morgan fingerprint density at radius 1 is 1.19 bits per heavy atom. The van der Waals surface area contributed by atoms with Crippen LogP contribution in [-0.4, -0.2) is 56.1 Å². The van der Waals surface area contributed by atoms with Crippen LogP contribution < -0.4 is 5.32 Å². The van der Waals surface area contributed by atoms with Crippen LogP contribution in [0.2, 0.25) is 0 Å². The topological polar surface area (TPSA) is 102 Å². The quantitative estimate of drug-likeness (QED) is 0.445. The van der Waals surface area contributed by atoms with Crippen molar-refractivity contribution < 1.29 is 9.32 Å². The second kappa shape index (κ2) is 9.48. The van der Waals surface area contributed by atoms with Crippen LogP contribution in [0.5, 0.6) is 0 Å². The molecule has 1 N–H and O–H groups in total. The second-order valence-corrected chi connectivity index (χ2v) is 7.59. The molecule has 31 heavy (non-hydrogen) atoms. The van der Waals surface area contributed by atoms with E-state index in [-0.39, 0.29) is 12.3 Å². The zero-order valence-corrected chi connectivity index (χ0v) is 17.7. The van der Waals surface area contributed by atoms with Gasteiger partial charge in [-0.3, -0.25) is 9.78 Å². The van der Waals surface area contributed by atoms with Gasteiger partial charge in [-0.1, -0.05) is 5.16 Å². The molecule has 0 radical (unpaired) electrons. The van der Waals surface area contributed by atoms with E-state index in [2.05, 4.69) is 49.0 Å². The van der Waals surface area contributed by atoms with Crippen molar-refractivity contribution in [2.75, 3.05) is 26.0 Å². The Labute approximate surface area is 180 Å². The minimum absolute atomic E-state index is 0.117. The lowest BCUT2D eigenvalue weighted by molar-refractivity contribution is -0.116. The molecule has 0 aliphatic heterocycles. The molecule has 0 bridgehead atoms. The van der Waals surface area contributed by atoms with Gasteiger partial charge in [-0.05, 0) is 57.4 Å². The van der Waals surface area contributed by atoms with Gasteiger partial charge in [-0.15, -0.1) is 0 Å². The van der Waals surface area contributed by atoms with E-state index in [0.29, 0.717) is 18.1 Å². The van der Waals surface area contributed by atoms with E-state index in [1.54, 1.807) is 24.5 Å². The van der Waals surface area contributed by atoms with E-state index in [0.717, 1.165) is 41.8 Å². The molecule has 160 valence electrons. The monoisotopic (exact) mass is 419 g/mol. The lowest BCUT2D eigenvalue weighted by atomic mass is 10.2. The number of hydrogen-bond donors (Lipinski definition) is 1. The Bertz CT molecular complexity index is 1150. The van der Waals surface area contributed by atoms with Crippen LogP contribution in [0, 0.1) is 0 Å². The van der Waals surface area contributed by atoms with Crippen molar-refractivity contribution in [3.63, 3.8) is 0 Å². The van der Waals surface area contributed by atoms with Crippen molar-refractivity contribution in [1.82, 2.24) is 29.6 Å². The molecule has 0 spiro atoms. The summed E-state index contributed by atoms with van der Waals surface area (Å²) < 4.78 is 7.39. The van der Waals surface area contributed by atoms with Gasteiger partial charge in [-0.25, -0.2) is 4.98 Å². The SMILES string of the molecule is CN(C)CCCn1cnc2cc(NC(=O)CCc3nc(-c4ccncc4)no3)ccc21. The second-order valence-electron chi connectivity index (χ2n) is 7.59. The standard InChI is InChI=1S/C22H25N7O2/c1-28(2)12-3-13-29-15-24-18-14-17(4-5-19(18)29)25-20(30)6-7-21-26-22(27-31-21)16-8-10-23-11-9-16/h4-5,8-11,14-15H,3,6-7,12-13H2,1-2H3,(H,25,30). The highest BCUT2D eigenvalue weighted by atomic mass is 16.5. The summed E-state index contributed by atoms with van der Waals surface area (Å²) in [5.41, 5.74) is 3.47. The molecule has 0 aliphatic rings. The molecule has 1 amide bonds. The van der Waals surface area contributed by atoms with Crippen molar-refractivity contribution in [2.24, 2.45) is 0 Å². The lowest BCUT2D eigenvalue weighted by Gasteiger charge is -2.10. The number of nitrogens with zero attached hydrogens (tertiary/aromatic N) is 6. The maximum atomic E-state index is 12.4. The number of rotatable bonds is 9. The highest BCUT2D eigenvalue weighted by Crippen LogP contribution is 2.19. The Hall–Kier alpha value is -3.59. The van der Waals surface area contributed by atoms with E-state index in [4.69, 9.17) is 4.52 Å². The van der Waals surface area contributed by atoms with Crippen LogP contribution in [0.25, 0.3) is 22.4 Å². The normalized spacial score (nSPS) is 11.3. The van der Waals surface area contributed by atoms with E-state index < -0.39 is 0 Å². The zero-order valence-electron chi connectivity index (χ0n) is 17.7. The molecule has 0 fully saturated rings. The fourth-order valence-corrected chi connectivity index (χ4v) is 3.30. The molecule has 4 aromatic rings.